The highest BCUT2D eigenvalue weighted by Crippen LogP contribution is 2.14. The monoisotopic (exact) mass is 267 g/mol. The van der Waals surface area contributed by atoms with E-state index in [9.17, 15) is 4.79 Å². The summed E-state index contributed by atoms with van der Waals surface area (Å²) in [5.74, 6) is 0.0602. The van der Waals surface area contributed by atoms with Crippen molar-refractivity contribution in [3.05, 3.63) is 46.1 Å². The number of benzene rings is 1. The topological polar surface area (TPSA) is 20.3 Å². The van der Waals surface area contributed by atoms with E-state index in [1.807, 2.05) is 56.4 Å². The van der Waals surface area contributed by atoms with E-state index in [1.165, 1.54) is 0 Å². The molecular weight excluding hydrogens is 254 g/mol. The Kier molecular flexibility index (Phi) is 4.09. The van der Waals surface area contributed by atoms with E-state index < -0.39 is 0 Å². The molecule has 0 heterocycles. The normalized spacial score (nSPS) is 11.3. The zero-order chi connectivity index (χ0) is 11.4. The molecule has 80 valence electrons. The van der Waals surface area contributed by atoms with Crippen molar-refractivity contribution in [2.45, 2.75) is 6.92 Å². The van der Waals surface area contributed by atoms with E-state index in [1.54, 1.807) is 0 Å². The molecule has 0 aliphatic heterocycles. The van der Waals surface area contributed by atoms with Crippen molar-refractivity contribution in [1.29, 1.82) is 0 Å². The lowest BCUT2D eigenvalue weighted by molar-refractivity contribution is 0.103. The first-order valence-electron chi connectivity index (χ1n) is 4.66. The van der Waals surface area contributed by atoms with E-state index in [0.29, 0.717) is 5.56 Å². The number of Topliss-reactive ketones (excluding diaryl/α,β-unsaturated/α-hetero) is 1. The summed E-state index contributed by atoms with van der Waals surface area (Å²) in [6, 6.07) is 7.41. The van der Waals surface area contributed by atoms with Crippen LogP contribution in [0.5, 0.6) is 0 Å². The molecule has 1 aromatic carbocycles. The minimum absolute atomic E-state index is 0.0602. The molecule has 0 fully saturated rings. The molecule has 3 heteroatoms. The molecule has 0 aliphatic carbocycles. The van der Waals surface area contributed by atoms with Crippen LogP contribution in [0.1, 0.15) is 17.3 Å². The fourth-order valence-electron chi connectivity index (χ4n) is 1.30. The molecule has 0 spiro atoms. The fourth-order valence-corrected chi connectivity index (χ4v) is 1.70. The lowest BCUT2D eigenvalue weighted by atomic mass is 10.1. The third-order valence-corrected chi connectivity index (χ3v) is 2.39. The average Bonchev–Trinajstić information content (AvgIpc) is 2.15. The summed E-state index contributed by atoms with van der Waals surface area (Å²) in [7, 11) is 3.80. The lowest BCUT2D eigenvalue weighted by Gasteiger charge is -2.07. The minimum Gasteiger partial charge on any atom is -0.383 e. The predicted octanol–water partition coefficient (Wildman–Crippen LogP) is 3.10. The average molecular weight is 268 g/mol. The zero-order valence-electron chi connectivity index (χ0n) is 9.12. The molecule has 0 unspecified atom stereocenters. The first-order valence-corrected chi connectivity index (χ1v) is 5.45. The van der Waals surface area contributed by atoms with Gasteiger partial charge < -0.3 is 4.90 Å². The molecule has 0 radical (unpaired) electrons. The maximum Gasteiger partial charge on any atom is 0.190 e. The smallest absolute Gasteiger partial charge is 0.190 e. The summed E-state index contributed by atoms with van der Waals surface area (Å²) in [6.45, 7) is 1.82. The summed E-state index contributed by atoms with van der Waals surface area (Å²) in [5, 5.41) is 0. The number of carbonyl (C=O) groups excluding carboxylic acids is 1. The number of halogens is 1. The van der Waals surface area contributed by atoms with Crippen LogP contribution in [-0.4, -0.2) is 24.8 Å². The second-order valence-electron chi connectivity index (χ2n) is 3.62. The quantitative estimate of drug-likeness (QED) is 0.620. The van der Waals surface area contributed by atoms with Gasteiger partial charge in [0, 0.05) is 35.9 Å². The Balaban J connectivity index is 2.95. The molecule has 1 rings (SSSR count). The van der Waals surface area contributed by atoms with Gasteiger partial charge >= 0.3 is 0 Å². The molecule has 0 atom stereocenters. The summed E-state index contributed by atoms with van der Waals surface area (Å²) in [4.78, 5) is 13.8. The molecule has 0 N–H and O–H groups in total. The lowest BCUT2D eigenvalue weighted by Crippen LogP contribution is -2.07. The predicted molar refractivity (Wildman–Crippen MR) is 65.9 cm³/mol. The summed E-state index contributed by atoms with van der Waals surface area (Å²) < 4.78 is 0.922. The van der Waals surface area contributed by atoms with Crippen LogP contribution in [-0.2, 0) is 0 Å². The van der Waals surface area contributed by atoms with E-state index in [-0.39, 0.29) is 5.78 Å². The Labute approximate surface area is 98.7 Å². The first kappa shape index (κ1) is 12.0. The maximum atomic E-state index is 11.9. The molecule has 0 aliphatic rings. The third-order valence-electron chi connectivity index (χ3n) is 1.90. The van der Waals surface area contributed by atoms with Gasteiger partial charge in [-0.25, -0.2) is 0 Å². The van der Waals surface area contributed by atoms with Crippen molar-refractivity contribution < 1.29 is 4.79 Å². The van der Waals surface area contributed by atoms with Gasteiger partial charge in [0.2, 0.25) is 0 Å². The molecule has 1 aromatic rings. The maximum absolute atomic E-state index is 11.9. The molecule has 0 bridgehead atoms. The Morgan fingerprint density at radius 1 is 1.40 bits per heavy atom. The molecule has 0 aromatic heterocycles. The summed E-state index contributed by atoms with van der Waals surface area (Å²) in [6.07, 6.45) is 1.82. The largest absolute Gasteiger partial charge is 0.383 e. The number of hydrogen-bond donors (Lipinski definition) is 0. The van der Waals surface area contributed by atoms with Crippen molar-refractivity contribution in [3.63, 3.8) is 0 Å². The highest BCUT2D eigenvalue weighted by molar-refractivity contribution is 9.10. The Morgan fingerprint density at radius 2 is 2.07 bits per heavy atom. The van der Waals surface area contributed by atoms with E-state index >= 15 is 0 Å². The van der Waals surface area contributed by atoms with Crippen LogP contribution >= 0.6 is 15.9 Å². The van der Waals surface area contributed by atoms with E-state index in [0.717, 1.165) is 10.0 Å². The molecular formula is C12H14BrNO. The van der Waals surface area contributed by atoms with E-state index in [4.69, 9.17) is 0 Å². The van der Waals surface area contributed by atoms with Crippen LogP contribution in [0.3, 0.4) is 0 Å². The minimum atomic E-state index is 0.0602. The van der Waals surface area contributed by atoms with Gasteiger partial charge in [0.05, 0.1) is 0 Å². The molecule has 0 amide bonds. The van der Waals surface area contributed by atoms with Gasteiger partial charge in [-0.3, -0.25) is 4.79 Å². The Hall–Kier alpha value is -1.09. The van der Waals surface area contributed by atoms with Crippen LogP contribution < -0.4 is 0 Å². The summed E-state index contributed by atoms with van der Waals surface area (Å²) >= 11 is 3.35. The van der Waals surface area contributed by atoms with E-state index in [2.05, 4.69) is 15.9 Å². The number of rotatable bonds is 3. The highest BCUT2D eigenvalue weighted by Gasteiger charge is 2.08. The fraction of sp³-hybridized carbons (Fsp3) is 0.250. The van der Waals surface area contributed by atoms with Gasteiger partial charge in [-0.2, -0.15) is 0 Å². The summed E-state index contributed by atoms with van der Waals surface area (Å²) in [5.41, 5.74) is 1.44. The number of carbonyl (C=O) groups is 1. The van der Waals surface area contributed by atoms with Gasteiger partial charge in [0.1, 0.15) is 0 Å². The second-order valence-corrected chi connectivity index (χ2v) is 4.53. The van der Waals surface area contributed by atoms with Crippen molar-refractivity contribution >= 4 is 21.7 Å². The van der Waals surface area contributed by atoms with Crippen LogP contribution in [0.25, 0.3) is 0 Å². The van der Waals surface area contributed by atoms with Gasteiger partial charge in [-0.1, -0.05) is 28.1 Å². The Bertz CT molecular complexity index is 396. The van der Waals surface area contributed by atoms with Crippen molar-refractivity contribution in [2.24, 2.45) is 0 Å². The van der Waals surface area contributed by atoms with Gasteiger partial charge in [-0.15, -0.1) is 0 Å². The van der Waals surface area contributed by atoms with Gasteiger partial charge in [0.15, 0.2) is 5.78 Å². The van der Waals surface area contributed by atoms with Crippen LogP contribution in [0.2, 0.25) is 0 Å². The highest BCUT2D eigenvalue weighted by atomic mass is 79.9. The SMILES string of the molecule is C/C(=C/N(C)C)C(=O)c1cccc(Br)c1. The Morgan fingerprint density at radius 3 is 2.60 bits per heavy atom. The first-order chi connectivity index (χ1) is 7.00. The van der Waals surface area contributed by atoms with Gasteiger partial charge in [0.25, 0.3) is 0 Å². The number of ketones is 1. The molecule has 15 heavy (non-hydrogen) atoms. The van der Waals surface area contributed by atoms with Gasteiger partial charge in [-0.05, 0) is 19.1 Å². The van der Waals surface area contributed by atoms with Crippen molar-refractivity contribution in [2.75, 3.05) is 14.1 Å². The molecule has 0 saturated carbocycles. The number of hydrogen-bond acceptors (Lipinski definition) is 2. The van der Waals surface area contributed by atoms with Crippen LogP contribution in [0.15, 0.2) is 40.5 Å². The zero-order valence-corrected chi connectivity index (χ0v) is 10.7. The van der Waals surface area contributed by atoms with Crippen LogP contribution in [0.4, 0.5) is 0 Å². The second kappa shape index (κ2) is 5.12. The molecule has 2 nitrogen and oxygen atoms in total. The van der Waals surface area contributed by atoms with Crippen LogP contribution in [0, 0.1) is 0 Å². The van der Waals surface area contributed by atoms with Crippen molar-refractivity contribution in [1.82, 2.24) is 4.90 Å². The number of nitrogens with zero attached hydrogens (tertiary/aromatic N) is 1. The standard InChI is InChI=1S/C12H14BrNO/c1-9(8-14(2)3)12(15)10-5-4-6-11(13)7-10/h4-8H,1-3H3/b9-8-. The number of allylic oxidation sites excluding steroid dienone is 1. The van der Waals surface area contributed by atoms with Crippen molar-refractivity contribution in [3.8, 4) is 0 Å². The third kappa shape index (κ3) is 3.51. The molecule has 0 saturated heterocycles.